The Morgan fingerprint density at radius 1 is 1.32 bits per heavy atom. The standard InChI is InChI=1S/C18H18N4O2S/c1-11-3-2-4-12-9-13(10-14-17(23)21-18(19)25-14)16(20-15(11)12)22-5-7-24-8-6-22/h2-4,9-10H,5-8H2,1H3,(H2,19,21,23)/b14-10-. The Bertz CT molecular complexity index is 917. The molecular formula is C18H18N4O2S. The number of amides is 1. The average molecular weight is 354 g/mol. The minimum atomic E-state index is -0.292. The lowest BCUT2D eigenvalue weighted by atomic mass is 10.1. The van der Waals surface area contributed by atoms with E-state index in [4.69, 9.17) is 15.5 Å². The Hall–Kier alpha value is -2.38. The van der Waals surface area contributed by atoms with Crippen molar-refractivity contribution in [3.05, 3.63) is 40.3 Å². The van der Waals surface area contributed by atoms with E-state index in [2.05, 4.69) is 28.9 Å². The predicted octanol–water partition coefficient (Wildman–Crippen LogP) is 2.31. The van der Waals surface area contributed by atoms with Crippen LogP contribution in [0.2, 0.25) is 0 Å². The number of aromatic nitrogens is 1. The molecule has 3 heterocycles. The molecule has 2 aliphatic rings. The number of rotatable bonds is 2. The summed E-state index contributed by atoms with van der Waals surface area (Å²) in [5.41, 5.74) is 8.68. The SMILES string of the molecule is Cc1cccc2cc(/C=C3\SC(N)=NC3=O)c(N3CCOCC3)nc12. The number of pyridine rings is 1. The molecule has 1 aromatic carbocycles. The minimum absolute atomic E-state index is 0.286. The van der Waals surface area contributed by atoms with Gasteiger partial charge in [0.05, 0.1) is 23.6 Å². The van der Waals surface area contributed by atoms with Gasteiger partial charge < -0.3 is 15.4 Å². The third kappa shape index (κ3) is 3.12. The molecule has 25 heavy (non-hydrogen) atoms. The Balaban J connectivity index is 1.86. The van der Waals surface area contributed by atoms with Crippen LogP contribution in [0.5, 0.6) is 0 Å². The maximum absolute atomic E-state index is 12.0. The van der Waals surface area contributed by atoms with Crippen molar-refractivity contribution in [2.24, 2.45) is 10.7 Å². The fourth-order valence-electron chi connectivity index (χ4n) is 3.05. The summed E-state index contributed by atoms with van der Waals surface area (Å²) in [6, 6.07) is 8.19. The second-order valence-electron chi connectivity index (χ2n) is 6.01. The number of carbonyl (C=O) groups is 1. The lowest BCUT2D eigenvalue weighted by Crippen LogP contribution is -2.37. The lowest BCUT2D eigenvalue weighted by Gasteiger charge is -2.29. The van der Waals surface area contributed by atoms with Crippen LogP contribution in [0.1, 0.15) is 11.1 Å². The van der Waals surface area contributed by atoms with Crippen molar-refractivity contribution in [3.63, 3.8) is 0 Å². The van der Waals surface area contributed by atoms with Crippen molar-refractivity contribution in [3.8, 4) is 0 Å². The van der Waals surface area contributed by atoms with E-state index in [9.17, 15) is 4.79 Å². The molecule has 0 radical (unpaired) electrons. The number of para-hydroxylation sites is 1. The van der Waals surface area contributed by atoms with Gasteiger partial charge in [-0.05, 0) is 36.4 Å². The first-order chi connectivity index (χ1) is 12.1. The molecule has 0 saturated carbocycles. The predicted molar refractivity (Wildman–Crippen MR) is 102 cm³/mol. The van der Waals surface area contributed by atoms with Gasteiger partial charge in [0.1, 0.15) is 5.82 Å². The average Bonchev–Trinajstić information content (AvgIpc) is 2.93. The van der Waals surface area contributed by atoms with Crippen molar-refractivity contribution in [2.75, 3.05) is 31.2 Å². The molecule has 2 aromatic rings. The van der Waals surface area contributed by atoms with E-state index in [0.717, 1.165) is 40.9 Å². The van der Waals surface area contributed by atoms with Crippen LogP contribution in [0.15, 0.2) is 34.2 Å². The Kier molecular flexibility index (Phi) is 4.19. The van der Waals surface area contributed by atoms with Crippen LogP contribution >= 0.6 is 11.8 Å². The maximum atomic E-state index is 12.0. The molecular weight excluding hydrogens is 336 g/mol. The number of benzene rings is 1. The molecule has 0 unspecified atom stereocenters. The molecule has 0 atom stereocenters. The van der Waals surface area contributed by atoms with Crippen LogP contribution in [0.3, 0.4) is 0 Å². The van der Waals surface area contributed by atoms with Crippen molar-refractivity contribution in [2.45, 2.75) is 6.92 Å². The van der Waals surface area contributed by atoms with Gasteiger partial charge in [0.2, 0.25) is 0 Å². The summed E-state index contributed by atoms with van der Waals surface area (Å²) in [7, 11) is 0. The van der Waals surface area contributed by atoms with E-state index in [0.29, 0.717) is 18.1 Å². The van der Waals surface area contributed by atoms with E-state index in [1.165, 1.54) is 11.8 Å². The van der Waals surface area contributed by atoms with Crippen molar-refractivity contribution in [1.29, 1.82) is 0 Å². The molecule has 1 fully saturated rings. The van der Waals surface area contributed by atoms with E-state index in [1.54, 1.807) is 0 Å². The summed E-state index contributed by atoms with van der Waals surface area (Å²) in [5, 5.41) is 1.34. The van der Waals surface area contributed by atoms with E-state index in [-0.39, 0.29) is 11.1 Å². The Labute approximate surface area is 149 Å². The van der Waals surface area contributed by atoms with E-state index < -0.39 is 0 Å². The molecule has 0 aliphatic carbocycles. The molecule has 2 aliphatic heterocycles. The summed E-state index contributed by atoms with van der Waals surface area (Å²) in [6.45, 7) is 4.96. The first-order valence-electron chi connectivity index (χ1n) is 8.13. The zero-order chi connectivity index (χ0) is 17.4. The van der Waals surface area contributed by atoms with Gasteiger partial charge in [-0.2, -0.15) is 4.99 Å². The van der Waals surface area contributed by atoms with Gasteiger partial charge in [0.25, 0.3) is 5.91 Å². The molecule has 0 spiro atoms. The fourth-order valence-corrected chi connectivity index (χ4v) is 3.73. The van der Waals surface area contributed by atoms with Crippen LogP contribution in [-0.2, 0) is 9.53 Å². The number of hydrogen-bond donors (Lipinski definition) is 1. The topological polar surface area (TPSA) is 80.8 Å². The third-order valence-corrected chi connectivity index (χ3v) is 5.10. The van der Waals surface area contributed by atoms with Gasteiger partial charge >= 0.3 is 0 Å². The molecule has 1 saturated heterocycles. The zero-order valence-electron chi connectivity index (χ0n) is 13.9. The molecule has 128 valence electrons. The highest BCUT2D eigenvalue weighted by atomic mass is 32.2. The number of aryl methyl sites for hydroxylation is 1. The number of anilines is 1. The third-order valence-electron chi connectivity index (χ3n) is 4.29. The summed E-state index contributed by atoms with van der Waals surface area (Å²) < 4.78 is 5.46. The fraction of sp³-hybridized carbons (Fsp3) is 0.278. The van der Waals surface area contributed by atoms with Gasteiger partial charge in [0.15, 0.2) is 5.17 Å². The lowest BCUT2D eigenvalue weighted by molar-refractivity contribution is -0.113. The van der Waals surface area contributed by atoms with Crippen molar-refractivity contribution >= 4 is 45.6 Å². The molecule has 0 bridgehead atoms. The normalized spacial score (nSPS) is 19.7. The first-order valence-corrected chi connectivity index (χ1v) is 8.94. The highest BCUT2D eigenvalue weighted by Crippen LogP contribution is 2.32. The molecule has 6 nitrogen and oxygen atoms in total. The van der Waals surface area contributed by atoms with Crippen LogP contribution < -0.4 is 10.6 Å². The minimum Gasteiger partial charge on any atom is -0.378 e. The van der Waals surface area contributed by atoms with E-state index in [1.807, 2.05) is 18.2 Å². The van der Waals surface area contributed by atoms with Crippen LogP contribution in [-0.4, -0.2) is 42.4 Å². The summed E-state index contributed by atoms with van der Waals surface area (Å²) in [6.07, 6.45) is 1.84. The molecule has 7 heteroatoms. The highest BCUT2D eigenvalue weighted by molar-refractivity contribution is 8.18. The number of ether oxygens (including phenoxy) is 1. The second-order valence-corrected chi connectivity index (χ2v) is 7.08. The Morgan fingerprint density at radius 3 is 2.84 bits per heavy atom. The molecule has 1 aromatic heterocycles. The van der Waals surface area contributed by atoms with Crippen LogP contribution in [0.25, 0.3) is 17.0 Å². The van der Waals surface area contributed by atoms with Crippen LogP contribution in [0, 0.1) is 6.92 Å². The summed E-state index contributed by atoms with van der Waals surface area (Å²) in [5.74, 6) is 0.580. The zero-order valence-corrected chi connectivity index (χ0v) is 14.7. The number of fused-ring (bicyclic) bond motifs is 1. The number of amidine groups is 1. The number of morpholine rings is 1. The number of carbonyl (C=O) groups excluding carboxylic acids is 1. The number of nitrogens with two attached hydrogens (primary N) is 1. The molecule has 2 N–H and O–H groups in total. The van der Waals surface area contributed by atoms with E-state index >= 15 is 0 Å². The largest absolute Gasteiger partial charge is 0.378 e. The second kappa shape index (κ2) is 6.50. The summed E-state index contributed by atoms with van der Waals surface area (Å²) in [4.78, 5) is 23.4. The highest BCUT2D eigenvalue weighted by Gasteiger charge is 2.22. The van der Waals surface area contributed by atoms with Crippen molar-refractivity contribution in [1.82, 2.24) is 4.98 Å². The number of hydrogen-bond acceptors (Lipinski definition) is 6. The smallest absolute Gasteiger partial charge is 0.286 e. The number of nitrogens with zero attached hydrogens (tertiary/aromatic N) is 3. The first kappa shape index (κ1) is 16.1. The van der Waals surface area contributed by atoms with Gasteiger partial charge in [-0.3, -0.25) is 4.79 Å². The maximum Gasteiger partial charge on any atom is 0.286 e. The number of aliphatic imine (C=N–C) groups is 1. The van der Waals surface area contributed by atoms with Gasteiger partial charge in [-0.15, -0.1) is 0 Å². The van der Waals surface area contributed by atoms with Crippen molar-refractivity contribution < 1.29 is 9.53 Å². The Morgan fingerprint density at radius 2 is 2.12 bits per heavy atom. The quantitative estimate of drug-likeness (QED) is 0.834. The van der Waals surface area contributed by atoms with Gasteiger partial charge in [0, 0.05) is 24.0 Å². The van der Waals surface area contributed by atoms with Crippen LogP contribution in [0.4, 0.5) is 5.82 Å². The molecule has 1 amide bonds. The monoisotopic (exact) mass is 354 g/mol. The summed E-state index contributed by atoms with van der Waals surface area (Å²) >= 11 is 1.20. The number of thioether (sulfide) groups is 1. The van der Waals surface area contributed by atoms with Gasteiger partial charge in [-0.1, -0.05) is 18.2 Å². The molecule has 4 rings (SSSR count). The van der Waals surface area contributed by atoms with Gasteiger partial charge in [-0.25, -0.2) is 4.98 Å².